The van der Waals surface area contributed by atoms with E-state index in [4.69, 9.17) is 0 Å². The number of Topliss-reactive ketones (excluding diaryl/α,β-unsaturated/α-hetero) is 1. The van der Waals surface area contributed by atoms with Gasteiger partial charge in [-0.25, -0.2) is 0 Å². The van der Waals surface area contributed by atoms with Crippen molar-refractivity contribution in [1.82, 2.24) is 0 Å². The van der Waals surface area contributed by atoms with Gasteiger partial charge in [-0.15, -0.1) is 5.73 Å². The van der Waals surface area contributed by atoms with E-state index in [1.54, 1.807) is 0 Å². The molecule has 0 unspecified atom stereocenters. The fourth-order valence-corrected chi connectivity index (χ4v) is 1.21. The molecule has 0 bridgehead atoms. The lowest BCUT2D eigenvalue weighted by atomic mass is 9.76. The summed E-state index contributed by atoms with van der Waals surface area (Å²) in [6.45, 7) is 16.0. The predicted octanol–water partition coefficient (Wildman–Crippen LogP) is 4.14. The van der Waals surface area contributed by atoms with Gasteiger partial charge >= 0.3 is 0 Å². The molecule has 1 nitrogen and oxygen atoms in total. The predicted molar refractivity (Wildman–Crippen MR) is 65.8 cm³/mol. The summed E-state index contributed by atoms with van der Waals surface area (Å²) in [6, 6.07) is 0. The Bertz CT molecular complexity index is 308. The van der Waals surface area contributed by atoms with Crippen molar-refractivity contribution in [3.63, 3.8) is 0 Å². The third-order valence-electron chi connectivity index (χ3n) is 2.03. The molecule has 0 aliphatic heterocycles. The molecular weight excluding hydrogens is 184 g/mol. The highest BCUT2D eigenvalue weighted by molar-refractivity contribution is 5.99. The lowest BCUT2D eigenvalue weighted by Gasteiger charge is -2.26. The van der Waals surface area contributed by atoms with Crippen LogP contribution in [0, 0.1) is 10.8 Å². The zero-order chi connectivity index (χ0) is 12.4. The summed E-state index contributed by atoms with van der Waals surface area (Å²) in [5.74, 6) is 0.191. The van der Waals surface area contributed by atoms with Gasteiger partial charge in [-0.2, -0.15) is 0 Å². The van der Waals surface area contributed by atoms with Gasteiger partial charge in [0.2, 0.25) is 0 Å². The van der Waals surface area contributed by atoms with Crippen LogP contribution in [0.1, 0.15) is 55.4 Å². The third kappa shape index (κ3) is 4.48. The van der Waals surface area contributed by atoms with Crippen molar-refractivity contribution >= 4 is 5.78 Å². The number of allylic oxidation sites excluding steroid dienone is 1. The van der Waals surface area contributed by atoms with Gasteiger partial charge < -0.3 is 0 Å². The van der Waals surface area contributed by atoms with E-state index < -0.39 is 0 Å². The number of hydrogen-bond acceptors (Lipinski definition) is 1. The molecule has 0 aliphatic rings. The first kappa shape index (κ1) is 14.2. The highest BCUT2D eigenvalue weighted by Crippen LogP contribution is 2.31. The molecule has 0 aromatic heterocycles. The zero-order valence-corrected chi connectivity index (χ0v) is 11.4. The van der Waals surface area contributed by atoms with Crippen LogP contribution < -0.4 is 0 Å². The van der Waals surface area contributed by atoms with Crippen LogP contribution in [0.5, 0.6) is 0 Å². The van der Waals surface area contributed by atoms with Gasteiger partial charge in [0.1, 0.15) is 0 Å². The van der Waals surface area contributed by atoms with E-state index in [2.05, 4.69) is 26.5 Å². The summed E-state index contributed by atoms with van der Waals surface area (Å²) >= 11 is 0. The second-order valence-corrected chi connectivity index (χ2v) is 6.33. The van der Waals surface area contributed by atoms with E-state index in [0.29, 0.717) is 0 Å². The number of carbonyl (C=O) groups is 1. The Labute approximate surface area is 94.3 Å². The highest BCUT2D eigenvalue weighted by atomic mass is 16.1. The van der Waals surface area contributed by atoms with E-state index in [-0.39, 0.29) is 16.6 Å². The first-order valence-corrected chi connectivity index (χ1v) is 5.45. The van der Waals surface area contributed by atoms with Crippen molar-refractivity contribution in [2.75, 3.05) is 0 Å². The Balaban J connectivity index is 5.58. The average molecular weight is 208 g/mol. The number of rotatable bonds is 1. The van der Waals surface area contributed by atoms with Crippen LogP contribution in [0.15, 0.2) is 16.9 Å². The van der Waals surface area contributed by atoms with Crippen molar-refractivity contribution in [2.24, 2.45) is 10.8 Å². The van der Waals surface area contributed by atoms with Crippen LogP contribution in [-0.4, -0.2) is 5.78 Å². The van der Waals surface area contributed by atoms with Gasteiger partial charge in [-0.1, -0.05) is 41.5 Å². The smallest absolute Gasteiger partial charge is 0.172 e. The first-order valence-electron chi connectivity index (χ1n) is 5.45. The molecule has 0 amide bonds. The summed E-state index contributed by atoms with van der Waals surface area (Å²) in [7, 11) is 0. The van der Waals surface area contributed by atoms with E-state index in [1.807, 2.05) is 34.6 Å². The maximum Gasteiger partial charge on any atom is 0.172 e. The molecule has 0 fully saturated rings. The molecule has 86 valence electrons. The molecule has 0 saturated carbocycles. The summed E-state index contributed by atoms with van der Waals surface area (Å²) in [5, 5.41) is 0. The fourth-order valence-electron chi connectivity index (χ4n) is 1.21. The summed E-state index contributed by atoms with van der Waals surface area (Å²) < 4.78 is 0. The van der Waals surface area contributed by atoms with Crippen LogP contribution >= 0.6 is 0 Å². The largest absolute Gasteiger partial charge is 0.293 e. The SMILES string of the molecule is CC(C)=C=C(C(=O)C(C)(C)C)C(C)(C)C. The molecule has 0 atom stereocenters. The van der Waals surface area contributed by atoms with E-state index in [1.165, 1.54) is 0 Å². The van der Waals surface area contributed by atoms with Crippen LogP contribution in [0.25, 0.3) is 0 Å². The van der Waals surface area contributed by atoms with Gasteiger partial charge in [-0.05, 0) is 24.8 Å². The maximum atomic E-state index is 12.2. The zero-order valence-electron chi connectivity index (χ0n) is 11.4. The molecule has 0 aromatic carbocycles. The van der Waals surface area contributed by atoms with Crippen molar-refractivity contribution < 1.29 is 4.79 Å². The Kier molecular flexibility index (Phi) is 4.13. The van der Waals surface area contributed by atoms with Crippen molar-refractivity contribution in [1.29, 1.82) is 0 Å². The highest BCUT2D eigenvalue weighted by Gasteiger charge is 2.31. The quantitative estimate of drug-likeness (QED) is 0.467. The summed E-state index contributed by atoms with van der Waals surface area (Å²) in [5.41, 5.74) is 4.60. The Morgan fingerprint density at radius 3 is 1.47 bits per heavy atom. The third-order valence-corrected chi connectivity index (χ3v) is 2.03. The summed E-state index contributed by atoms with van der Waals surface area (Å²) in [4.78, 5) is 12.2. The Morgan fingerprint density at radius 1 is 0.867 bits per heavy atom. The van der Waals surface area contributed by atoms with E-state index in [9.17, 15) is 4.79 Å². The normalized spacial score (nSPS) is 12.0. The molecule has 0 saturated heterocycles. The standard InChI is InChI=1S/C14H24O/c1-10(2)9-11(13(3,4)5)12(15)14(6,7)8/h1-8H3. The molecule has 0 rings (SSSR count). The number of hydrogen-bond donors (Lipinski definition) is 0. The lowest BCUT2D eigenvalue weighted by Crippen LogP contribution is -2.28. The molecular formula is C14H24O. The van der Waals surface area contributed by atoms with Crippen molar-refractivity contribution in [3.8, 4) is 0 Å². The van der Waals surface area contributed by atoms with Crippen molar-refractivity contribution in [2.45, 2.75) is 55.4 Å². The minimum Gasteiger partial charge on any atom is -0.293 e. The minimum atomic E-state index is -0.328. The molecule has 0 radical (unpaired) electrons. The summed E-state index contributed by atoms with van der Waals surface area (Å²) in [6.07, 6.45) is 0. The number of ketones is 1. The van der Waals surface area contributed by atoms with E-state index >= 15 is 0 Å². The second kappa shape index (κ2) is 4.37. The maximum absolute atomic E-state index is 12.2. The van der Waals surface area contributed by atoms with Gasteiger partial charge in [0.05, 0.1) is 0 Å². The van der Waals surface area contributed by atoms with Gasteiger partial charge in [-0.3, -0.25) is 4.79 Å². The molecule has 0 aromatic rings. The van der Waals surface area contributed by atoms with Crippen LogP contribution in [0.2, 0.25) is 0 Å². The Hall–Kier alpha value is -0.810. The first-order chi connectivity index (χ1) is 6.46. The second-order valence-electron chi connectivity index (χ2n) is 6.33. The topological polar surface area (TPSA) is 17.1 Å². The average Bonchev–Trinajstić information content (AvgIpc) is 1.94. The van der Waals surface area contributed by atoms with Crippen LogP contribution in [0.4, 0.5) is 0 Å². The van der Waals surface area contributed by atoms with Gasteiger partial charge in [0, 0.05) is 11.0 Å². The molecule has 0 spiro atoms. The fraction of sp³-hybridized carbons (Fsp3) is 0.714. The molecule has 15 heavy (non-hydrogen) atoms. The molecule has 0 N–H and O–H groups in total. The van der Waals surface area contributed by atoms with Crippen LogP contribution in [0.3, 0.4) is 0 Å². The van der Waals surface area contributed by atoms with Crippen molar-refractivity contribution in [3.05, 3.63) is 16.9 Å². The molecule has 0 aliphatic carbocycles. The minimum absolute atomic E-state index is 0.137. The van der Waals surface area contributed by atoms with Gasteiger partial charge in [0.15, 0.2) is 5.78 Å². The molecule has 1 heteroatoms. The molecule has 0 heterocycles. The lowest BCUT2D eigenvalue weighted by molar-refractivity contribution is -0.123. The Morgan fingerprint density at radius 2 is 1.27 bits per heavy atom. The number of carbonyl (C=O) groups excluding carboxylic acids is 1. The van der Waals surface area contributed by atoms with Gasteiger partial charge in [0.25, 0.3) is 0 Å². The van der Waals surface area contributed by atoms with E-state index in [0.717, 1.165) is 11.1 Å². The van der Waals surface area contributed by atoms with Crippen LogP contribution in [-0.2, 0) is 4.79 Å². The monoisotopic (exact) mass is 208 g/mol.